The van der Waals surface area contributed by atoms with Crippen LogP contribution in [0.15, 0.2) is 60.7 Å². The maximum absolute atomic E-state index is 12.5. The summed E-state index contributed by atoms with van der Waals surface area (Å²) in [6.07, 6.45) is -0.403. The van der Waals surface area contributed by atoms with Crippen molar-refractivity contribution >= 4 is 24.6 Å². The van der Waals surface area contributed by atoms with Crippen LogP contribution in [0.3, 0.4) is 0 Å². The fraction of sp³-hybridized carbons (Fsp3) is 0.480. The molecule has 0 spiro atoms. The Morgan fingerprint density at radius 3 is 1.84 bits per heavy atom. The molecule has 1 saturated carbocycles. The van der Waals surface area contributed by atoms with E-state index in [-0.39, 0.29) is 5.04 Å². The first-order valence-corrected chi connectivity index (χ1v) is 13.2. The van der Waals surface area contributed by atoms with Gasteiger partial charge in [0.05, 0.1) is 0 Å². The number of rotatable bonds is 7. The van der Waals surface area contributed by atoms with Crippen molar-refractivity contribution in [2.24, 2.45) is 5.92 Å². The second-order valence-electron chi connectivity index (χ2n) is 9.55. The number of alkyl halides is 3. The SMILES string of the molecule is CC(C)(CC[C@H]1CC[C@H](NC(=O)C(F)(F)F)CC1)[Si](O)(c1ccccc1)c1ccccc1. The van der Waals surface area contributed by atoms with Gasteiger partial charge in [-0.25, -0.2) is 0 Å². The number of nitrogens with one attached hydrogen (secondary N) is 1. The van der Waals surface area contributed by atoms with Crippen LogP contribution in [-0.4, -0.2) is 31.2 Å². The highest BCUT2D eigenvalue weighted by molar-refractivity contribution is 6.98. The largest absolute Gasteiger partial charge is 0.471 e. The van der Waals surface area contributed by atoms with Crippen molar-refractivity contribution in [2.75, 3.05) is 0 Å². The average Bonchev–Trinajstić information content (AvgIpc) is 2.78. The molecule has 3 rings (SSSR count). The lowest BCUT2D eigenvalue weighted by Crippen LogP contribution is -2.65. The molecule has 0 heterocycles. The standard InChI is InChI=1S/C25H32F3NO2Si/c1-24(2,18-17-19-13-15-20(16-14-19)29-23(30)25(26,27)28)32(31,21-9-5-3-6-10-21)22-11-7-4-8-12-22/h3-12,19-20,31H,13-18H2,1-2H3,(H,29,30)/t19-,20-. The molecule has 3 nitrogen and oxygen atoms in total. The molecular formula is C25H32F3NO2Si. The number of halogens is 3. The van der Waals surface area contributed by atoms with Gasteiger partial charge in [0, 0.05) is 6.04 Å². The quantitative estimate of drug-likeness (QED) is 0.593. The van der Waals surface area contributed by atoms with Crippen molar-refractivity contribution in [3.8, 4) is 0 Å². The first-order chi connectivity index (χ1) is 15.0. The summed E-state index contributed by atoms with van der Waals surface area (Å²) in [6.45, 7) is 4.27. The van der Waals surface area contributed by atoms with Crippen LogP contribution in [0.5, 0.6) is 0 Å². The Bertz CT molecular complexity index is 840. The van der Waals surface area contributed by atoms with Crippen LogP contribution in [0.1, 0.15) is 52.4 Å². The van der Waals surface area contributed by atoms with E-state index in [9.17, 15) is 22.8 Å². The van der Waals surface area contributed by atoms with Crippen LogP contribution < -0.4 is 15.7 Å². The lowest BCUT2D eigenvalue weighted by molar-refractivity contribution is -0.174. The molecule has 7 heteroatoms. The van der Waals surface area contributed by atoms with E-state index in [1.54, 1.807) is 0 Å². The molecule has 0 saturated heterocycles. The van der Waals surface area contributed by atoms with Gasteiger partial charge in [0.2, 0.25) is 0 Å². The normalized spacial score (nSPS) is 20.1. The number of carbonyl (C=O) groups excluding carboxylic acids is 1. The van der Waals surface area contributed by atoms with E-state index in [4.69, 9.17) is 0 Å². The predicted molar refractivity (Wildman–Crippen MR) is 123 cm³/mol. The summed E-state index contributed by atoms with van der Waals surface area (Å²) in [6, 6.07) is 19.4. The molecule has 1 fully saturated rings. The summed E-state index contributed by atoms with van der Waals surface area (Å²) in [5.74, 6) is -1.46. The van der Waals surface area contributed by atoms with E-state index >= 15 is 0 Å². The summed E-state index contributed by atoms with van der Waals surface area (Å²) in [5.41, 5.74) is 0. The lowest BCUT2D eigenvalue weighted by Gasteiger charge is -2.42. The Morgan fingerprint density at radius 1 is 0.938 bits per heavy atom. The number of hydrogen-bond acceptors (Lipinski definition) is 2. The highest BCUT2D eigenvalue weighted by atomic mass is 28.4. The Balaban J connectivity index is 1.67. The van der Waals surface area contributed by atoms with Crippen LogP contribution in [0, 0.1) is 5.92 Å². The number of amides is 1. The molecule has 0 atom stereocenters. The molecular weight excluding hydrogens is 431 g/mol. The van der Waals surface area contributed by atoms with E-state index in [0.717, 1.165) is 36.1 Å². The minimum Gasteiger partial charge on any atom is -0.424 e. The summed E-state index contributed by atoms with van der Waals surface area (Å²) in [7, 11) is -3.05. The topological polar surface area (TPSA) is 49.3 Å². The van der Waals surface area contributed by atoms with E-state index in [1.165, 1.54) is 0 Å². The molecule has 0 bridgehead atoms. The Hall–Kier alpha value is -2.12. The number of benzene rings is 2. The minimum atomic E-state index is -4.83. The second kappa shape index (κ2) is 9.79. The summed E-state index contributed by atoms with van der Waals surface area (Å²) in [4.78, 5) is 23.4. The summed E-state index contributed by atoms with van der Waals surface area (Å²) in [5, 5.41) is 3.75. The molecule has 2 N–H and O–H groups in total. The Kier molecular flexibility index (Phi) is 7.50. The molecule has 32 heavy (non-hydrogen) atoms. The highest BCUT2D eigenvalue weighted by Gasteiger charge is 2.49. The van der Waals surface area contributed by atoms with E-state index in [0.29, 0.717) is 18.8 Å². The van der Waals surface area contributed by atoms with Gasteiger partial charge in [-0.2, -0.15) is 13.2 Å². The third-order valence-electron chi connectivity index (χ3n) is 6.98. The predicted octanol–water partition coefficient (Wildman–Crippen LogP) is 4.54. The molecule has 1 aliphatic rings. The van der Waals surface area contributed by atoms with Crippen LogP contribution in [0.4, 0.5) is 13.2 Å². The molecule has 0 unspecified atom stereocenters. The lowest BCUT2D eigenvalue weighted by atomic mass is 9.82. The Morgan fingerprint density at radius 2 is 1.41 bits per heavy atom. The van der Waals surface area contributed by atoms with Gasteiger partial charge < -0.3 is 10.1 Å². The zero-order chi connectivity index (χ0) is 23.4. The van der Waals surface area contributed by atoms with Gasteiger partial charge in [0.15, 0.2) is 0 Å². The van der Waals surface area contributed by atoms with Crippen LogP contribution in [0.2, 0.25) is 5.04 Å². The molecule has 0 aromatic heterocycles. The maximum atomic E-state index is 12.5. The van der Waals surface area contributed by atoms with Crippen molar-refractivity contribution in [1.82, 2.24) is 5.32 Å². The van der Waals surface area contributed by atoms with E-state index in [2.05, 4.69) is 19.2 Å². The summed E-state index contributed by atoms with van der Waals surface area (Å²) < 4.78 is 37.5. The van der Waals surface area contributed by atoms with Gasteiger partial charge in [-0.3, -0.25) is 4.79 Å². The van der Waals surface area contributed by atoms with Gasteiger partial charge in [-0.05, 0) is 53.4 Å². The molecule has 174 valence electrons. The van der Waals surface area contributed by atoms with Gasteiger partial charge in [-0.15, -0.1) is 0 Å². The molecule has 1 aliphatic carbocycles. The van der Waals surface area contributed by atoms with E-state index in [1.807, 2.05) is 60.7 Å². The fourth-order valence-electron chi connectivity index (χ4n) is 4.92. The van der Waals surface area contributed by atoms with Crippen LogP contribution in [-0.2, 0) is 4.79 Å². The third kappa shape index (κ3) is 5.43. The van der Waals surface area contributed by atoms with Crippen molar-refractivity contribution in [2.45, 2.75) is 69.6 Å². The first-order valence-electron chi connectivity index (χ1n) is 11.2. The molecule has 2 aromatic carbocycles. The van der Waals surface area contributed by atoms with Gasteiger partial charge in [0.25, 0.3) is 8.32 Å². The molecule has 2 aromatic rings. The maximum Gasteiger partial charge on any atom is 0.471 e. The van der Waals surface area contributed by atoms with Gasteiger partial charge >= 0.3 is 12.1 Å². The Labute approximate surface area is 189 Å². The molecule has 1 amide bonds. The van der Waals surface area contributed by atoms with Crippen molar-refractivity contribution in [3.05, 3.63) is 60.7 Å². The highest BCUT2D eigenvalue weighted by Crippen LogP contribution is 2.42. The van der Waals surface area contributed by atoms with Gasteiger partial charge in [0.1, 0.15) is 0 Å². The monoisotopic (exact) mass is 463 g/mol. The van der Waals surface area contributed by atoms with Crippen LogP contribution >= 0.6 is 0 Å². The van der Waals surface area contributed by atoms with Crippen molar-refractivity contribution in [3.63, 3.8) is 0 Å². The molecule has 0 radical (unpaired) electrons. The smallest absolute Gasteiger partial charge is 0.424 e. The summed E-state index contributed by atoms with van der Waals surface area (Å²) >= 11 is 0. The first kappa shape index (κ1) is 24.5. The third-order valence-corrected chi connectivity index (χ3v) is 11.5. The zero-order valence-corrected chi connectivity index (χ0v) is 19.7. The fourth-order valence-corrected chi connectivity index (χ4v) is 8.67. The molecule has 0 aliphatic heterocycles. The van der Waals surface area contributed by atoms with Crippen LogP contribution in [0.25, 0.3) is 0 Å². The van der Waals surface area contributed by atoms with E-state index < -0.39 is 26.4 Å². The zero-order valence-electron chi connectivity index (χ0n) is 18.7. The average molecular weight is 464 g/mol. The van der Waals surface area contributed by atoms with Crippen molar-refractivity contribution < 1.29 is 22.8 Å². The minimum absolute atomic E-state index is 0.336. The van der Waals surface area contributed by atoms with Crippen molar-refractivity contribution in [1.29, 1.82) is 0 Å². The number of carbonyl (C=O) groups is 1. The number of hydrogen-bond donors (Lipinski definition) is 2. The second-order valence-corrected chi connectivity index (χ2v) is 13.5. The van der Waals surface area contributed by atoms with Gasteiger partial charge in [-0.1, -0.05) is 80.9 Å².